The van der Waals surface area contributed by atoms with Crippen molar-refractivity contribution in [2.75, 3.05) is 17.7 Å². The van der Waals surface area contributed by atoms with Crippen LogP contribution in [-0.2, 0) is 4.74 Å². The van der Waals surface area contributed by atoms with Crippen LogP contribution >= 0.6 is 0 Å². The van der Waals surface area contributed by atoms with E-state index >= 15 is 0 Å². The Labute approximate surface area is 126 Å². The van der Waals surface area contributed by atoms with Gasteiger partial charge in [-0.2, -0.15) is 0 Å². The minimum Gasteiger partial charge on any atom is -0.508 e. The second-order valence-corrected chi connectivity index (χ2v) is 4.35. The van der Waals surface area contributed by atoms with Crippen molar-refractivity contribution in [1.82, 2.24) is 0 Å². The van der Waals surface area contributed by atoms with Crippen molar-refractivity contribution in [1.29, 1.82) is 0 Å². The van der Waals surface area contributed by atoms with Gasteiger partial charge in [0, 0.05) is 23.9 Å². The molecular formula is C15H14N2O5. The highest BCUT2D eigenvalue weighted by molar-refractivity contribution is 6.05. The summed E-state index contributed by atoms with van der Waals surface area (Å²) in [7, 11) is 1.24. The number of phenolic OH excluding ortho intramolecular Hbond substituents is 2. The topological polar surface area (TPSA) is 108 Å². The largest absolute Gasteiger partial charge is 0.508 e. The maximum atomic E-state index is 11.9. The minimum atomic E-state index is -0.638. The van der Waals surface area contributed by atoms with Gasteiger partial charge < -0.3 is 25.6 Å². The number of ether oxygens (including phenoxy) is 1. The van der Waals surface area contributed by atoms with Crippen LogP contribution in [0.5, 0.6) is 11.5 Å². The molecule has 0 aliphatic heterocycles. The van der Waals surface area contributed by atoms with Crippen LogP contribution in [-0.4, -0.2) is 29.3 Å². The molecule has 22 heavy (non-hydrogen) atoms. The van der Waals surface area contributed by atoms with E-state index in [2.05, 4.69) is 15.4 Å². The summed E-state index contributed by atoms with van der Waals surface area (Å²) in [6.45, 7) is 0. The predicted octanol–water partition coefficient (Wildman–Crippen LogP) is 2.53. The number of carbonyl (C=O) groups excluding carboxylic acids is 2. The van der Waals surface area contributed by atoms with Gasteiger partial charge in [-0.05, 0) is 12.1 Å². The summed E-state index contributed by atoms with van der Waals surface area (Å²) in [6.07, 6.45) is 0. The van der Waals surface area contributed by atoms with Crippen molar-refractivity contribution in [3.05, 3.63) is 48.0 Å². The summed E-state index contributed by atoms with van der Waals surface area (Å²) in [5, 5.41) is 23.6. The van der Waals surface area contributed by atoms with Gasteiger partial charge in [0.1, 0.15) is 11.5 Å². The fourth-order valence-corrected chi connectivity index (χ4v) is 1.83. The van der Waals surface area contributed by atoms with E-state index in [1.54, 1.807) is 18.2 Å². The normalized spacial score (nSPS) is 9.86. The lowest BCUT2D eigenvalue weighted by Crippen LogP contribution is -2.21. The number of phenols is 2. The van der Waals surface area contributed by atoms with Crippen LogP contribution in [0.25, 0.3) is 0 Å². The number of nitrogens with one attached hydrogen (secondary N) is 2. The highest BCUT2D eigenvalue weighted by Crippen LogP contribution is 2.24. The van der Waals surface area contributed by atoms with E-state index in [0.29, 0.717) is 0 Å². The fourth-order valence-electron chi connectivity index (χ4n) is 1.83. The van der Waals surface area contributed by atoms with E-state index in [4.69, 9.17) is 0 Å². The number of esters is 1. The Bertz CT molecular complexity index is 695. The van der Waals surface area contributed by atoms with E-state index < -0.39 is 12.0 Å². The van der Waals surface area contributed by atoms with E-state index in [-0.39, 0.29) is 28.4 Å². The Hall–Kier alpha value is -3.22. The van der Waals surface area contributed by atoms with Gasteiger partial charge in [0.25, 0.3) is 0 Å². The molecule has 0 saturated heterocycles. The quantitative estimate of drug-likeness (QED) is 0.652. The van der Waals surface area contributed by atoms with Crippen LogP contribution in [0.3, 0.4) is 0 Å². The zero-order valence-electron chi connectivity index (χ0n) is 11.7. The van der Waals surface area contributed by atoms with Gasteiger partial charge in [-0.25, -0.2) is 9.59 Å². The van der Waals surface area contributed by atoms with Crippen LogP contribution in [0.4, 0.5) is 16.2 Å². The van der Waals surface area contributed by atoms with Gasteiger partial charge in [-0.3, -0.25) is 0 Å². The summed E-state index contributed by atoms with van der Waals surface area (Å²) in [5.41, 5.74) is 0.681. The number of aromatic hydroxyl groups is 2. The van der Waals surface area contributed by atoms with Crippen LogP contribution in [0, 0.1) is 0 Å². The highest BCUT2D eigenvalue weighted by Gasteiger charge is 2.13. The van der Waals surface area contributed by atoms with Crippen LogP contribution in [0.1, 0.15) is 10.4 Å². The molecule has 0 unspecified atom stereocenters. The molecule has 0 spiro atoms. The maximum Gasteiger partial charge on any atom is 0.339 e. The Morgan fingerprint density at radius 3 is 2.27 bits per heavy atom. The number of para-hydroxylation sites is 1. The summed E-state index contributed by atoms with van der Waals surface area (Å²) >= 11 is 0. The summed E-state index contributed by atoms with van der Waals surface area (Å²) in [5.74, 6) is -0.957. The van der Waals surface area contributed by atoms with E-state index in [0.717, 1.165) is 6.07 Å². The molecule has 7 nitrogen and oxygen atoms in total. The first-order valence-electron chi connectivity index (χ1n) is 6.28. The lowest BCUT2D eigenvalue weighted by atomic mass is 10.2. The molecule has 2 aromatic rings. The van der Waals surface area contributed by atoms with Gasteiger partial charge >= 0.3 is 12.0 Å². The number of urea groups is 1. The molecule has 0 bridgehead atoms. The van der Waals surface area contributed by atoms with Gasteiger partial charge in [0.2, 0.25) is 0 Å². The maximum absolute atomic E-state index is 11.9. The second kappa shape index (κ2) is 6.49. The second-order valence-electron chi connectivity index (χ2n) is 4.35. The smallest absolute Gasteiger partial charge is 0.339 e. The Kier molecular flexibility index (Phi) is 4.47. The number of benzene rings is 2. The van der Waals surface area contributed by atoms with Crippen molar-refractivity contribution in [2.45, 2.75) is 0 Å². The Balaban J connectivity index is 2.14. The number of hydrogen-bond acceptors (Lipinski definition) is 5. The van der Waals surface area contributed by atoms with Crippen molar-refractivity contribution in [3.8, 4) is 11.5 Å². The molecule has 0 saturated carbocycles. The Morgan fingerprint density at radius 2 is 1.64 bits per heavy atom. The van der Waals surface area contributed by atoms with Crippen molar-refractivity contribution < 1.29 is 24.5 Å². The molecule has 4 N–H and O–H groups in total. The molecule has 0 heterocycles. The van der Waals surface area contributed by atoms with Crippen LogP contribution < -0.4 is 10.6 Å². The number of methoxy groups -OCH3 is 1. The average Bonchev–Trinajstić information content (AvgIpc) is 2.45. The van der Waals surface area contributed by atoms with E-state index in [1.165, 1.54) is 25.3 Å². The first kappa shape index (κ1) is 15.2. The third-order valence-electron chi connectivity index (χ3n) is 2.74. The molecule has 2 rings (SSSR count). The van der Waals surface area contributed by atoms with Crippen molar-refractivity contribution in [3.63, 3.8) is 0 Å². The molecular weight excluding hydrogens is 288 g/mol. The summed E-state index contributed by atoms with van der Waals surface area (Å²) < 4.78 is 4.63. The third kappa shape index (κ3) is 3.66. The van der Waals surface area contributed by atoms with Gasteiger partial charge in [-0.15, -0.1) is 0 Å². The Morgan fingerprint density at radius 1 is 1.00 bits per heavy atom. The fraction of sp³-hybridized carbons (Fsp3) is 0.0667. The molecule has 114 valence electrons. The monoisotopic (exact) mass is 302 g/mol. The first-order chi connectivity index (χ1) is 10.5. The molecule has 7 heteroatoms. The van der Waals surface area contributed by atoms with Gasteiger partial charge in [-0.1, -0.05) is 12.1 Å². The molecule has 2 amide bonds. The molecule has 0 aliphatic carbocycles. The predicted molar refractivity (Wildman–Crippen MR) is 80.2 cm³/mol. The molecule has 0 radical (unpaired) electrons. The zero-order chi connectivity index (χ0) is 16.1. The SMILES string of the molecule is COC(=O)c1ccccc1NC(=O)Nc1cc(O)cc(O)c1. The number of carbonyl (C=O) groups is 2. The van der Waals surface area contributed by atoms with E-state index in [9.17, 15) is 19.8 Å². The average molecular weight is 302 g/mol. The van der Waals surface area contributed by atoms with E-state index in [1.807, 2.05) is 0 Å². The number of anilines is 2. The zero-order valence-corrected chi connectivity index (χ0v) is 11.7. The summed E-state index contributed by atoms with van der Waals surface area (Å²) in [4.78, 5) is 23.5. The third-order valence-corrected chi connectivity index (χ3v) is 2.74. The number of hydrogen-bond donors (Lipinski definition) is 4. The molecule has 0 aliphatic rings. The molecule has 2 aromatic carbocycles. The molecule has 0 fully saturated rings. The summed E-state index contributed by atoms with van der Waals surface area (Å²) in [6, 6.07) is 9.39. The van der Waals surface area contributed by atoms with Gasteiger partial charge in [0.05, 0.1) is 18.4 Å². The molecule has 0 aromatic heterocycles. The van der Waals surface area contributed by atoms with Crippen LogP contribution in [0.15, 0.2) is 42.5 Å². The van der Waals surface area contributed by atoms with Crippen molar-refractivity contribution >= 4 is 23.4 Å². The number of rotatable bonds is 3. The van der Waals surface area contributed by atoms with Gasteiger partial charge in [0.15, 0.2) is 0 Å². The first-order valence-corrected chi connectivity index (χ1v) is 6.28. The molecule has 0 atom stereocenters. The van der Waals surface area contributed by atoms with Crippen molar-refractivity contribution in [2.24, 2.45) is 0 Å². The lowest BCUT2D eigenvalue weighted by molar-refractivity contribution is 0.0602. The lowest BCUT2D eigenvalue weighted by Gasteiger charge is -2.11. The minimum absolute atomic E-state index is 0.190. The standard InChI is InChI=1S/C15H14N2O5/c1-22-14(20)12-4-2-3-5-13(12)17-15(21)16-9-6-10(18)8-11(19)7-9/h2-8,18-19H,1H3,(H2,16,17,21). The highest BCUT2D eigenvalue weighted by atomic mass is 16.5. The van der Waals surface area contributed by atoms with Crippen LogP contribution in [0.2, 0.25) is 0 Å². The number of amides is 2.